The summed E-state index contributed by atoms with van der Waals surface area (Å²) < 4.78 is 35.2. The highest BCUT2D eigenvalue weighted by atomic mass is 35.5. The second-order valence-corrected chi connectivity index (χ2v) is 11.0. The molecule has 40 heavy (non-hydrogen) atoms. The fraction of sp³-hybridized carbons (Fsp3) is 0.185. The van der Waals surface area contributed by atoms with Crippen molar-refractivity contribution >= 4 is 46.4 Å². The Bertz CT molecular complexity index is 1580. The monoisotopic (exact) mass is 624 g/mol. The van der Waals surface area contributed by atoms with Crippen LogP contribution in [-0.4, -0.2) is 24.7 Å². The van der Waals surface area contributed by atoms with Crippen LogP contribution in [0.4, 0.5) is 8.78 Å². The smallest absolute Gasteiger partial charge is 0.265 e. The number of hydrogen-bond donors (Lipinski definition) is 1. The first-order chi connectivity index (χ1) is 19.1. The second-order valence-electron chi connectivity index (χ2n) is 9.36. The van der Waals surface area contributed by atoms with Crippen molar-refractivity contribution in [3.63, 3.8) is 0 Å². The molecular weight excluding hydrogens is 604 g/mol. The van der Waals surface area contributed by atoms with Gasteiger partial charge in [-0.05, 0) is 30.3 Å². The third-order valence-corrected chi connectivity index (χ3v) is 7.45. The number of rotatable bonds is 9. The number of aliphatic hydroxyl groups is 1. The molecule has 0 atom stereocenters. The van der Waals surface area contributed by atoms with Crippen molar-refractivity contribution < 1.29 is 23.0 Å². The molecule has 5 rings (SSSR count). The van der Waals surface area contributed by atoms with Crippen molar-refractivity contribution in [1.29, 1.82) is 0 Å². The van der Waals surface area contributed by atoms with Crippen LogP contribution in [0.1, 0.15) is 16.7 Å². The minimum absolute atomic E-state index is 0.0977. The number of aromatic nitrogens is 6. The van der Waals surface area contributed by atoms with Gasteiger partial charge in [-0.3, -0.25) is 0 Å². The van der Waals surface area contributed by atoms with Gasteiger partial charge in [-0.15, -0.1) is 9.36 Å². The van der Waals surface area contributed by atoms with E-state index in [0.29, 0.717) is 33.2 Å². The van der Waals surface area contributed by atoms with Gasteiger partial charge in [-0.2, -0.15) is 0 Å². The number of halogens is 6. The van der Waals surface area contributed by atoms with Gasteiger partial charge in [-0.25, -0.2) is 17.9 Å². The van der Waals surface area contributed by atoms with Crippen molar-refractivity contribution in [2.75, 3.05) is 0 Å². The zero-order valence-electron chi connectivity index (χ0n) is 20.7. The van der Waals surface area contributed by atoms with E-state index < -0.39 is 17.2 Å². The topological polar surface area (TPSA) is 63.6 Å². The summed E-state index contributed by atoms with van der Waals surface area (Å²) in [5.74, 6) is -1.64. The molecule has 0 saturated carbocycles. The predicted octanol–water partition coefficient (Wildman–Crippen LogP) is 5.23. The van der Waals surface area contributed by atoms with Crippen LogP contribution in [0.2, 0.25) is 20.1 Å². The highest BCUT2D eigenvalue weighted by Gasteiger charge is 2.39. The summed E-state index contributed by atoms with van der Waals surface area (Å²) in [4.78, 5) is 0. The molecule has 7 nitrogen and oxygen atoms in total. The minimum Gasteiger partial charge on any atom is -0.378 e. The van der Waals surface area contributed by atoms with Gasteiger partial charge in [0.25, 0.3) is 12.7 Å². The molecule has 206 valence electrons. The van der Waals surface area contributed by atoms with E-state index in [1.54, 1.807) is 58.7 Å². The average molecular weight is 626 g/mol. The largest absolute Gasteiger partial charge is 0.378 e. The molecule has 2 aromatic heterocycles. The van der Waals surface area contributed by atoms with Gasteiger partial charge in [0.05, 0.1) is 13.1 Å². The van der Waals surface area contributed by atoms with Crippen LogP contribution in [-0.2, 0) is 31.8 Å². The molecule has 0 unspecified atom stereocenters. The summed E-state index contributed by atoms with van der Waals surface area (Å²) in [5, 5.41) is 22.6. The lowest BCUT2D eigenvalue weighted by molar-refractivity contribution is -0.689. The maximum Gasteiger partial charge on any atom is 0.265 e. The molecule has 0 saturated heterocycles. The highest BCUT2D eigenvalue weighted by Crippen LogP contribution is 2.28. The van der Waals surface area contributed by atoms with Gasteiger partial charge < -0.3 is 5.11 Å². The number of benzene rings is 3. The maximum atomic E-state index is 15.0. The molecule has 0 radical (unpaired) electrons. The van der Waals surface area contributed by atoms with Crippen LogP contribution >= 0.6 is 46.4 Å². The number of hydrogen-bond acceptors (Lipinski definition) is 3. The van der Waals surface area contributed by atoms with E-state index in [9.17, 15) is 13.9 Å². The molecule has 2 heterocycles. The SMILES string of the molecule is OC(Cn1c[n+](Cc2ccc(Cl)cc2Cl)cn1)(Cn1c[n+](Cc2ccc(Cl)cc2Cl)cn1)c1ccc(F)cc1F. The zero-order valence-corrected chi connectivity index (χ0v) is 23.8. The van der Waals surface area contributed by atoms with E-state index in [1.807, 2.05) is 12.1 Å². The minimum atomic E-state index is -1.85. The zero-order chi connectivity index (χ0) is 28.4. The molecule has 0 bridgehead atoms. The Balaban J connectivity index is 1.40. The van der Waals surface area contributed by atoms with Gasteiger partial charge in [0.1, 0.15) is 24.7 Å². The van der Waals surface area contributed by atoms with Crippen LogP contribution in [0.5, 0.6) is 0 Å². The first-order valence-corrected chi connectivity index (χ1v) is 13.5. The van der Waals surface area contributed by atoms with Gasteiger partial charge >= 0.3 is 0 Å². The predicted molar refractivity (Wildman–Crippen MR) is 146 cm³/mol. The van der Waals surface area contributed by atoms with E-state index in [4.69, 9.17) is 46.4 Å². The van der Waals surface area contributed by atoms with Crippen molar-refractivity contribution in [2.24, 2.45) is 0 Å². The molecule has 1 N–H and O–H groups in total. The Morgan fingerprint density at radius 1 is 0.725 bits per heavy atom. The van der Waals surface area contributed by atoms with E-state index in [-0.39, 0.29) is 18.7 Å². The van der Waals surface area contributed by atoms with E-state index in [1.165, 1.54) is 15.4 Å². The molecule has 0 aliphatic rings. The van der Waals surface area contributed by atoms with Gasteiger partial charge in [-0.1, -0.05) is 64.6 Å². The quantitative estimate of drug-likeness (QED) is 0.228. The van der Waals surface area contributed by atoms with Crippen molar-refractivity contribution in [2.45, 2.75) is 31.8 Å². The Labute approximate surface area is 248 Å². The van der Waals surface area contributed by atoms with E-state index >= 15 is 0 Å². The summed E-state index contributed by atoms with van der Waals surface area (Å²) >= 11 is 24.6. The Morgan fingerprint density at radius 2 is 1.23 bits per heavy atom. The summed E-state index contributed by atoms with van der Waals surface area (Å²) in [7, 11) is 0. The summed E-state index contributed by atoms with van der Waals surface area (Å²) in [6.45, 7) is 0.483. The van der Waals surface area contributed by atoms with Gasteiger partial charge in [0, 0.05) is 53.0 Å². The standard InChI is InChI=1S/C27H22Cl4F2N6O/c28-20-3-1-18(24(30)7-20)10-36-14-34-38(16-36)12-27(40,23-6-5-22(32)9-26(23)33)13-39-17-37(15-35-39)11-19-2-4-21(29)8-25(19)31/h1-9,14-17,40H,10-13H2/q+2. The first kappa shape index (κ1) is 28.4. The summed E-state index contributed by atoms with van der Waals surface area (Å²) in [5.41, 5.74) is -0.310. The fourth-order valence-electron chi connectivity index (χ4n) is 4.37. The number of nitrogens with zero attached hydrogens (tertiary/aromatic N) is 6. The van der Waals surface area contributed by atoms with Crippen LogP contribution in [0, 0.1) is 11.6 Å². The molecule has 5 aromatic rings. The van der Waals surface area contributed by atoms with Crippen LogP contribution in [0.25, 0.3) is 0 Å². The van der Waals surface area contributed by atoms with E-state index in [0.717, 1.165) is 23.3 Å². The maximum absolute atomic E-state index is 15.0. The van der Waals surface area contributed by atoms with Crippen molar-refractivity contribution in [1.82, 2.24) is 19.6 Å². The molecule has 0 spiro atoms. The Morgan fingerprint density at radius 3 is 1.68 bits per heavy atom. The Kier molecular flexibility index (Phi) is 8.39. The third kappa shape index (κ3) is 6.62. The molecule has 0 aliphatic carbocycles. The van der Waals surface area contributed by atoms with Crippen LogP contribution < -0.4 is 9.13 Å². The van der Waals surface area contributed by atoms with Crippen LogP contribution in [0.3, 0.4) is 0 Å². The second kappa shape index (κ2) is 11.8. The molecular formula is C27H22Cl4F2N6O+2. The first-order valence-electron chi connectivity index (χ1n) is 12.0. The average Bonchev–Trinajstić information content (AvgIpc) is 3.51. The lowest BCUT2D eigenvalue weighted by Crippen LogP contribution is -2.39. The fourth-order valence-corrected chi connectivity index (χ4v) is 5.31. The van der Waals surface area contributed by atoms with E-state index in [2.05, 4.69) is 10.2 Å². The lowest BCUT2D eigenvalue weighted by Gasteiger charge is -2.24. The van der Waals surface area contributed by atoms with Gasteiger partial charge in [0.2, 0.25) is 12.7 Å². The molecule has 0 amide bonds. The Hall–Kier alpha value is -3.08. The lowest BCUT2D eigenvalue weighted by atomic mass is 9.93. The summed E-state index contributed by atoms with van der Waals surface area (Å²) in [6, 6.07) is 13.4. The van der Waals surface area contributed by atoms with Crippen molar-refractivity contribution in [3.8, 4) is 0 Å². The van der Waals surface area contributed by atoms with Crippen molar-refractivity contribution in [3.05, 3.63) is 128 Å². The molecule has 0 fully saturated rings. The highest BCUT2D eigenvalue weighted by molar-refractivity contribution is 6.35. The molecule has 3 aromatic carbocycles. The van der Waals surface area contributed by atoms with Gasteiger partial charge in [0.15, 0.2) is 5.60 Å². The third-order valence-electron chi connectivity index (χ3n) is 6.28. The molecule has 0 aliphatic heterocycles. The summed E-state index contributed by atoms with van der Waals surface area (Å²) in [6.07, 6.45) is 6.43. The van der Waals surface area contributed by atoms with Crippen LogP contribution in [0.15, 0.2) is 79.9 Å². The molecule has 13 heteroatoms. The normalized spacial score (nSPS) is 11.8.